The van der Waals surface area contributed by atoms with Crippen molar-refractivity contribution in [3.63, 3.8) is 0 Å². The van der Waals surface area contributed by atoms with Crippen molar-refractivity contribution in [2.45, 2.75) is 12.5 Å². The summed E-state index contributed by atoms with van der Waals surface area (Å²) in [6, 6.07) is 3.57. The fourth-order valence-electron chi connectivity index (χ4n) is 1.05. The number of aliphatic hydroxyl groups is 2. The average molecular weight is 207 g/mol. The molecular weight excluding hydrogens is 194 g/mol. The lowest BCUT2D eigenvalue weighted by molar-refractivity contribution is 0.147. The lowest BCUT2D eigenvalue weighted by Gasteiger charge is -2.27. The molecule has 0 aliphatic heterocycles. The zero-order valence-corrected chi connectivity index (χ0v) is 8.44. The van der Waals surface area contributed by atoms with Gasteiger partial charge in [0.1, 0.15) is 6.07 Å². The quantitative estimate of drug-likeness (QED) is 0.652. The first kappa shape index (κ1) is 11.4. The Bertz CT molecular complexity index is 369. The van der Waals surface area contributed by atoms with E-state index in [1.165, 1.54) is 12.4 Å². The second-order valence-corrected chi connectivity index (χ2v) is 3.53. The molecule has 5 nitrogen and oxygen atoms in total. The molecule has 1 rings (SSSR count). The van der Waals surface area contributed by atoms with E-state index in [0.717, 1.165) is 0 Å². The van der Waals surface area contributed by atoms with Crippen molar-refractivity contribution in [2.24, 2.45) is 0 Å². The Morgan fingerprint density at radius 2 is 2.20 bits per heavy atom. The predicted molar refractivity (Wildman–Crippen MR) is 55.2 cm³/mol. The van der Waals surface area contributed by atoms with Crippen molar-refractivity contribution in [3.05, 3.63) is 24.0 Å². The number of hydrogen-bond acceptors (Lipinski definition) is 5. The van der Waals surface area contributed by atoms with Gasteiger partial charge in [-0.25, -0.2) is 0 Å². The average Bonchev–Trinajstić information content (AvgIpc) is 2.29. The Kier molecular flexibility index (Phi) is 3.61. The zero-order chi connectivity index (χ0) is 11.3. The lowest BCUT2D eigenvalue weighted by Crippen LogP contribution is -2.42. The lowest BCUT2D eigenvalue weighted by atomic mass is 10.0. The van der Waals surface area contributed by atoms with Crippen LogP contribution < -0.4 is 5.32 Å². The van der Waals surface area contributed by atoms with Gasteiger partial charge in [0.15, 0.2) is 0 Å². The maximum atomic E-state index is 9.08. The van der Waals surface area contributed by atoms with E-state index in [9.17, 15) is 0 Å². The molecule has 0 unspecified atom stereocenters. The summed E-state index contributed by atoms with van der Waals surface area (Å²) in [5.74, 6) is 0. The number of aromatic nitrogens is 1. The first-order chi connectivity index (χ1) is 7.15. The van der Waals surface area contributed by atoms with Crippen molar-refractivity contribution in [2.75, 3.05) is 18.5 Å². The van der Waals surface area contributed by atoms with Gasteiger partial charge in [0.25, 0.3) is 0 Å². The van der Waals surface area contributed by atoms with E-state index in [2.05, 4.69) is 10.3 Å². The first-order valence-electron chi connectivity index (χ1n) is 4.49. The van der Waals surface area contributed by atoms with Crippen molar-refractivity contribution < 1.29 is 10.2 Å². The number of rotatable bonds is 4. The van der Waals surface area contributed by atoms with E-state index in [4.69, 9.17) is 15.5 Å². The highest BCUT2D eigenvalue weighted by molar-refractivity contribution is 5.56. The molecule has 80 valence electrons. The van der Waals surface area contributed by atoms with Gasteiger partial charge in [-0.05, 0) is 13.0 Å². The molecule has 0 radical (unpaired) electrons. The fraction of sp³-hybridized carbons (Fsp3) is 0.400. The van der Waals surface area contributed by atoms with Crippen LogP contribution in [0.4, 0.5) is 5.69 Å². The third-order valence-corrected chi connectivity index (χ3v) is 2.08. The minimum absolute atomic E-state index is 0.233. The maximum absolute atomic E-state index is 9.08. The SMILES string of the molecule is CC(CO)(CO)Nc1cnccc1C#N. The largest absolute Gasteiger partial charge is 0.394 e. The first-order valence-corrected chi connectivity index (χ1v) is 4.49. The minimum atomic E-state index is -0.853. The molecule has 0 spiro atoms. The number of hydrogen-bond donors (Lipinski definition) is 3. The number of nitrogens with one attached hydrogen (secondary N) is 1. The van der Waals surface area contributed by atoms with Crippen molar-refractivity contribution in [1.82, 2.24) is 4.98 Å². The standard InChI is InChI=1S/C10H13N3O2/c1-10(6-14,7-15)13-9-5-12-3-2-8(9)4-11/h2-3,5,13-15H,6-7H2,1H3. The van der Waals surface area contributed by atoms with E-state index in [1.807, 2.05) is 6.07 Å². The van der Waals surface area contributed by atoms with Crippen LogP contribution in [0.2, 0.25) is 0 Å². The Balaban J connectivity index is 2.94. The summed E-state index contributed by atoms with van der Waals surface area (Å²) in [7, 11) is 0. The number of nitrogens with zero attached hydrogens (tertiary/aromatic N) is 2. The number of anilines is 1. The van der Waals surface area contributed by atoms with Gasteiger partial charge in [-0.1, -0.05) is 0 Å². The highest BCUT2D eigenvalue weighted by Gasteiger charge is 2.22. The third kappa shape index (κ3) is 2.65. The molecule has 0 aliphatic carbocycles. The Morgan fingerprint density at radius 3 is 2.73 bits per heavy atom. The summed E-state index contributed by atoms with van der Waals surface area (Å²) >= 11 is 0. The summed E-state index contributed by atoms with van der Waals surface area (Å²) in [5, 5.41) is 29.9. The molecule has 3 N–H and O–H groups in total. The van der Waals surface area contributed by atoms with E-state index in [1.54, 1.807) is 13.0 Å². The maximum Gasteiger partial charge on any atom is 0.101 e. The van der Waals surface area contributed by atoms with Crippen LogP contribution in [0.3, 0.4) is 0 Å². The van der Waals surface area contributed by atoms with E-state index >= 15 is 0 Å². The Morgan fingerprint density at radius 1 is 1.53 bits per heavy atom. The summed E-state index contributed by atoms with van der Waals surface area (Å²) in [4.78, 5) is 3.87. The van der Waals surface area contributed by atoms with Gasteiger partial charge >= 0.3 is 0 Å². The smallest absolute Gasteiger partial charge is 0.101 e. The summed E-state index contributed by atoms with van der Waals surface area (Å²) < 4.78 is 0. The topological polar surface area (TPSA) is 89.2 Å². The number of pyridine rings is 1. The third-order valence-electron chi connectivity index (χ3n) is 2.08. The van der Waals surface area contributed by atoms with Crippen molar-refractivity contribution in [3.8, 4) is 6.07 Å². The zero-order valence-electron chi connectivity index (χ0n) is 8.44. The van der Waals surface area contributed by atoms with Gasteiger partial charge in [0.05, 0.1) is 36.2 Å². The predicted octanol–water partition coefficient (Wildman–Crippen LogP) is 0.108. The van der Waals surface area contributed by atoms with Gasteiger partial charge < -0.3 is 15.5 Å². The van der Waals surface area contributed by atoms with Gasteiger partial charge in [-0.3, -0.25) is 4.98 Å². The van der Waals surface area contributed by atoms with E-state index in [0.29, 0.717) is 11.3 Å². The van der Waals surface area contributed by atoms with Crippen molar-refractivity contribution in [1.29, 1.82) is 5.26 Å². The van der Waals surface area contributed by atoms with Gasteiger partial charge in [-0.2, -0.15) is 5.26 Å². The second kappa shape index (κ2) is 4.73. The molecule has 15 heavy (non-hydrogen) atoms. The van der Waals surface area contributed by atoms with E-state index < -0.39 is 5.54 Å². The van der Waals surface area contributed by atoms with Crippen LogP contribution in [0.15, 0.2) is 18.5 Å². The molecule has 0 fully saturated rings. The van der Waals surface area contributed by atoms with Crippen LogP contribution in [-0.2, 0) is 0 Å². The Hall–Kier alpha value is -1.64. The normalized spacial score (nSPS) is 10.8. The molecule has 0 aliphatic rings. The highest BCUT2D eigenvalue weighted by atomic mass is 16.3. The molecule has 0 saturated carbocycles. The molecule has 0 aromatic carbocycles. The Labute approximate surface area is 88.0 Å². The van der Waals surface area contributed by atoms with Crippen molar-refractivity contribution >= 4 is 5.69 Å². The molecule has 5 heteroatoms. The van der Waals surface area contributed by atoms with Crippen LogP contribution >= 0.6 is 0 Å². The van der Waals surface area contributed by atoms with E-state index in [-0.39, 0.29) is 13.2 Å². The fourth-order valence-corrected chi connectivity index (χ4v) is 1.05. The minimum Gasteiger partial charge on any atom is -0.394 e. The summed E-state index contributed by atoms with van der Waals surface area (Å²) in [5.41, 5.74) is 0.0815. The summed E-state index contributed by atoms with van der Waals surface area (Å²) in [6.07, 6.45) is 3.00. The highest BCUT2D eigenvalue weighted by Crippen LogP contribution is 2.17. The monoisotopic (exact) mass is 207 g/mol. The van der Waals surface area contributed by atoms with Crippen LogP contribution in [-0.4, -0.2) is 33.9 Å². The second-order valence-electron chi connectivity index (χ2n) is 3.53. The van der Waals surface area contributed by atoms with Gasteiger partial charge in [0.2, 0.25) is 0 Å². The van der Waals surface area contributed by atoms with Gasteiger partial charge in [0, 0.05) is 6.20 Å². The molecule has 1 aromatic heterocycles. The molecular formula is C10H13N3O2. The number of nitriles is 1. The summed E-state index contributed by atoms with van der Waals surface area (Å²) in [6.45, 7) is 1.19. The number of aliphatic hydroxyl groups excluding tert-OH is 2. The van der Waals surface area contributed by atoms with Crippen LogP contribution in [0.5, 0.6) is 0 Å². The molecule has 1 heterocycles. The molecule has 0 bridgehead atoms. The molecule has 1 aromatic rings. The van der Waals surface area contributed by atoms with Crippen LogP contribution in [0.25, 0.3) is 0 Å². The van der Waals surface area contributed by atoms with Crippen LogP contribution in [0, 0.1) is 11.3 Å². The molecule has 0 amide bonds. The van der Waals surface area contributed by atoms with Crippen LogP contribution in [0.1, 0.15) is 12.5 Å². The molecule has 0 atom stereocenters. The molecule has 0 saturated heterocycles. The van der Waals surface area contributed by atoms with Gasteiger partial charge in [-0.15, -0.1) is 0 Å².